The molecule has 1 aromatic carbocycles. The van der Waals surface area contributed by atoms with Gasteiger partial charge in [-0.3, -0.25) is 0 Å². The van der Waals surface area contributed by atoms with Gasteiger partial charge < -0.3 is 4.90 Å². The van der Waals surface area contributed by atoms with E-state index in [2.05, 4.69) is 27.0 Å². The van der Waals surface area contributed by atoms with Crippen molar-refractivity contribution in [3.63, 3.8) is 0 Å². The largest absolute Gasteiger partial charge is 0.366 e. The van der Waals surface area contributed by atoms with Crippen molar-refractivity contribution >= 4 is 27.5 Å². The Labute approximate surface area is 98.2 Å². The second-order valence-electron chi connectivity index (χ2n) is 3.33. The molecule has 0 saturated heterocycles. The zero-order chi connectivity index (χ0) is 11.4. The van der Waals surface area contributed by atoms with E-state index in [0.717, 1.165) is 10.3 Å². The molecular weight excluding hydrogens is 254 g/mol. The number of amidine groups is 1. The molecule has 4 heteroatoms. The summed E-state index contributed by atoms with van der Waals surface area (Å²) in [5.41, 5.74) is 1.28. The summed E-state index contributed by atoms with van der Waals surface area (Å²) in [4.78, 5) is 6.28. The lowest BCUT2D eigenvalue weighted by atomic mass is 10.2. The van der Waals surface area contributed by atoms with Crippen molar-refractivity contribution in [2.75, 3.05) is 14.1 Å². The Bertz CT molecular complexity index is 430. The van der Waals surface area contributed by atoms with Crippen LogP contribution in [0.15, 0.2) is 27.7 Å². The van der Waals surface area contributed by atoms with Gasteiger partial charge in [0.15, 0.2) is 0 Å². The van der Waals surface area contributed by atoms with Crippen molar-refractivity contribution < 1.29 is 0 Å². The Kier molecular flexibility index (Phi) is 3.87. The third-order valence-corrected chi connectivity index (χ3v) is 2.50. The fourth-order valence-electron chi connectivity index (χ4n) is 0.970. The monoisotopic (exact) mass is 265 g/mol. The van der Waals surface area contributed by atoms with Gasteiger partial charge in [0.1, 0.15) is 11.9 Å². The van der Waals surface area contributed by atoms with Crippen LogP contribution in [-0.4, -0.2) is 24.8 Å². The number of nitriles is 1. The average Bonchev–Trinajstić information content (AvgIpc) is 2.20. The lowest BCUT2D eigenvalue weighted by Crippen LogP contribution is -2.17. The average molecular weight is 266 g/mol. The Balaban J connectivity index is 3.17. The third kappa shape index (κ3) is 3.07. The Hall–Kier alpha value is -1.34. The van der Waals surface area contributed by atoms with Gasteiger partial charge in [0.25, 0.3) is 0 Å². The lowest BCUT2D eigenvalue weighted by molar-refractivity contribution is 0.619. The first-order chi connectivity index (χ1) is 7.04. The zero-order valence-corrected chi connectivity index (χ0v) is 10.5. The quantitative estimate of drug-likeness (QED) is 0.579. The van der Waals surface area contributed by atoms with Crippen LogP contribution in [0.3, 0.4) is 0 Å². The summed E-state index contributed by atoms with van der Waals surface area (Å²) in [6.07, 6.45) is 0. The van der Waals surface area contributed by atoms with Gasteiger partial charge in [0.2, 0.25) is 0 Å². The minimum absolute atomic E-state index is 0.575. The van der Waals surface area contributed by atoms with Gasteiger partial charge in [-0.2, -0.15) is 5.26 Å². The molecule has 0 aliphatic carbocycles. The van der Waals surface area contributed by atoms with E-state index < -0.39 is 0 Å². The highest BCUT2D eigenvalue weighted by Gasteiger charge is 2.02. The first-order valence-corrected chi connectivity index (χ1v) is 5.26. The smallest absolute Gasteiger partial charge is 0.101 e. The van der Waals surface area contributed by atoms with Crippen molar-refractivity contribution in [2.24, 2.45) is 4.99 Å². The van der Waals surface area contributed by atoms with Crippen LogP contribution in [0.5, 0.6) is 0 Å². The molecule has 0 aliphatic heterocycles. The molecule has 0 aliphatic rings. The molecule has 1 rings (SSSR count). The Morgan fingerprint density at radius 3 is 2.67 bits per heavy atom. The number of hydrogen-bond donors (Lipinski definition) is 0. The Morgan fingerprint density at radius 2 is 2.13 bits per heavy atom. The molecule has 0 aromatic heterocycles. The minimum atomic E-state index is 0.575. The maximum absolute atomic E-state index is 8.94. The van der Waals surface area contributed by atoms with E-state index in [1.54, 1.807) is 6.07 Å². The van der Waals surface area contributed by atoms with Crippen LogP contribution in [0.4, 0.5) is 5.69 Å². The fraction of sp³-hybridized carbons (Fsp3) is 0.273. The summed E-state index contributed by atoms with van der Waals surface area (Å²) in [6, 6.07) is 7.60. The van der Waals surface area contributed by atoms with Crippen LogP contribution in [0, 0.1) is 11.3 Å². The van der Waals surface area contributed by atoms with Crippen molar-refractivity contribution in [3.8, 4) is 6.07 Å². The van der Waals surface area contributed by atoms with Gasteiger partial charge in [0, 0.05) is 18.6 Å². The van der Waals surface area contributed by atoms with E-state index in [4.69, 9.17) is 5.26 Å². The van der Waals surface area contributed by atoms with E-state index in [1.165, 1.54) is 0 Å². The number of halogens is 1. The predicted octanol–water partition coefficient (Wildman–Crippen LogP) is 2.93. The van der Waals surface area contributed by atoms with Crippen LogP contribution < -0.4 is 0 Å². The first kappa shape index (κ1) is 11.7. The number of benzene rings is 1. The third-order valence-electron chi connectivity index (χ3n) is 2.01. The molecule has 0 heterocycles. The number of rotatable bonds is 1. The second kappa shape index (κ2) is 4.94. The lowest BCUT2D eigenvalue weighted by Gasteiger charge is -2.11. The highest BCUT2D eigenvalue weighted by atomic mass is 79.9. The number of nitrogens with zero attached hydrogens (tertiary/aromatic N) is 3. The van der Waals surface area contributed by atoms with Gasteiger partial charge >= 0.3 is 0 Å². The molecule has 0 unspecified atom stereocenters. The number of aliphatic imine (C=N–C) groups is 1. The Morgan fingerprint density at radius 1 is 1.47 bits per heavy atom. The van der Waals surface area contributed by atoms with Crippen molar-refractivity contribution in [1.82, 2.24) is 4.90 Å². The molecule has 0 bridgehead atoms. The van der Waals surface area contributed by atoms with Crippen LogP contribution in [-0.2, 0) is 0 Å². The molecule has 3 nitrogen and oxygen atoms in total. The summed E-state index contributed by atoms with van der Waals surface area (Å²) in [5, 5.41) is 8.94. The summed E-state index contributed by atoms with van der Waals surface area (Å²) >= 11 is 3.32. The summed E-state index contributed by atoms with van der Waals surface area (Å²) in [5.74, 6) is 0.869. The van der Waals surface area contributed by atoms with Crippen molar-refractivity contribution in [3.05, 3.63) is 28.2 Å². The van der Waals surface area contributed by atoms with Gasteiger partial charge in [-0.25, -0.2) is 4.99 Å². The molecule has 15 heavy (non-hydrogen) atoms. The van der Waals surface area contributed by atoms with Gasteiger partial charge in [0.05, 0.1) is 11.3 Å². The molecule has 0 amide bonds. The number of hydrogen-bond acceptors (Lipinski definition) is 2. The fourth-order valence-corrected chi connectivity index (χ4v) is 1.33. The van der Waals surface area contributed by atoms with Gasteiger partial charge in [-0.1, -0.05) is 15.9 Å². The molecule has 0 spiro atoms. The second-order valence-corrected chi connectivity index (χ2v) is 4.24. The summed E-state index contributed by atoms with van der Waals surface area (Å²) < 4.78 is 0.889. The summed E-state index contributed by atoms with van der Waals surface area (Å²) in [7, 11) is 3.84. The molecular formula is C11H12BrN3. The van der Waals surface area contributed by atoms with E-state index in [9.17, 15) is 0 Å². The standard InChI is InChI=1S/C11H12BrN3/c1-8(15(2)3)14-11-5-4-10(12)6-9(11)7-13/h4-6H,1-3H3. The molecule has 0 radical (unpaired) electrons. The predicted molar refractivity (Wildman–Crippen MR) is 65.3 cm³/mol. The SMILES string of the molecule is CC(=Nc1ccc(Br)cc1C#N)N(C)C. The van der Waals surface area contributed by atoms with Crippen LogP contribution in [0.1, 0.15) is 12.5 Å². The van der Waals surface area contributed by atoms with Crippen molar-refractivity contribution in [2.45, 2.75) is 6.92 Å². The zero-order valence-electron chi connectivity index (χ0n) is 8.95. The van der Waals surface area contributed by atoms with Crippen molar-refractivity contribution in [1.29, 1.82) is 5.26 Å². The molecule has 0 fully saturated rings. The molecule has 0 N–H and O–H groups in total. The molecule has 0 atom stereocenters. The first-order valence-electron chi connectivity index (χ1n) is 4.47. The highest BCUT2D eigenvalue weighted by Crippen LogP contribution is 2.23. The molecule has 1 aromatic rings. The maximum Gasteiger partial charge on any atom is 0.101 e. The van der Waals surface area contributed by atoms with Crippen LogP contribution in [0.25, 0.3) is 0 Å². The maximum atomic E-state index is 8.94. The van der Waals surface area contributed by atoms with E-state index in [1.807, 2.05) is 38.1 Å². The molecule has 0 saturated carbocycles. The minimum Gasteiger partial charge on any atom is -0.366 e. The molecule has 78 valence electrons. The van der Waals surface area contributed by atoms with E-state index in [0.29, 0.717) is 11.3 Å². The topological polar surface area (TPSA) is 39.4 Å². The summed E-state index contributed by atoms with van der Waals surface area (Å²) in [6.45, 7) is 1.91. The van der Waals surface area contributed by atoms with E-state index in [-0.39, 0.29) is 0 Å². The van der Waals surface area contributed by atoms with Crippen LogP contribution in [0.2, 0.25) is 0 Å². The highest BCUT2D eigenvalue weighted by molar-refractivity contribution is 9.10. The van der Waals surface area contributed by atoms with E-state index >= 15 is 0 Å². The van der Waals surface area contributed by atoms with Gasteiger partial charge in [-0.15, -0.1) is 0 Å². The van der Waals surface area contributed by atoms with Crippen LogP contribution >= 0.6 is 15.9 Å². The normalized spacial score (nSPS) is 11.0. The van der Waals surface area contributed by atoms with Gasteiger partial charge in [-0.05, 0) is 25.1 Å².